The maximum atomic E-state index is 11.8. The van der Waals surface area contributed by atoms with Crippen molar-refractivity contribution in [3.8, 4) is 11.5 Å². The second-order valence-corrected chi connectivity index (χ2v) is 4.12. The zero-order chi connectivity index (χ0) is 15.4. The molecular formula is C13H13NO7. The van der Waals surface area contributed by atoms with Crippen LogP contribution in [-0.4, -0.2) is 54.8 Å². The molecular weight excluding hydrogens is 282 g/mol. The molecule has 0 saturated carbocycles. The Morgan fingerprint density at radius 3 is 2.71 bits per heavy atom. The number of carbonyl (C=O) groups excluding carboxylic acids is 2. The van der Waals surface area contributed by atoms with Gasteiger partial charge in [-0.1, -0.05) is 0 Å². The van der Waals surface area contributed by atoms with Crippen molar-refractivity contribution in [3.63, 3.8) is 0 Å². The standard InChI is InChI=1S/C13H13NO7/c1-19-9-3-2-8(12(16)17)6-10(9)21-7-11(15)14-4-5-20-13(14)18/h2-3,6H,4-5,7H2,1H3,(H,16,17). The lowest BCUT2D eigenvalue weighted by Gasteiger charge is -2.13. The van der Waals surface area contributed by atoms with Gasteiger partial charge in [-0.15, -0.1) is 0 Å². The third-order valence-corrected chi connectivity index (χ3v) is 2.82. The second kappa shape index (κ2) is 6.12. The van der Waals surface area contributed by atoms with Crippen molar-refractivity contribution in [2.45, 2.75) is 0 Å². The van der Waals surface area contributed by atoms with Crippen molar-refractivity contribution in [1.29, 1.82) is 0 Å². The Morgan fingerprint density at radius 2 is 2.14 bits per heavy atom. The van der Waals surface area contributed by atoms with Crippen molar-refractivity contribution >= 4 is 18.0 Å². The van der Waals surface area contributed by atoms with E-state index in [1.165, 1.54) is 25.3 Å². The van der Waals surface area contributed by atoms with Gasteiger partial charge in [-0.3, -0.25) is 4.79 Å². The van der Waals surface area contributed by atoms with Crippen molar-refractivity contribution in [3.05, 3.63) is 23.8 Å². The topological polar surface area (TPSA) is 102 Å². The van der Waals surface area contributed by atoms with Gasteiger partial charge >= 0.3 is 12.1 Å². The normalized spacial score (nSPS) is 13.8. The summed E-state index contributed by atoms with van der Waals surface area (Å²) >= 11 is 0. The van der Waals surface area contributed by atoms with Crippen molar-refractivity contribution < 1.29 is 33.7 Å². The molecule has 0 spiro atoms. The summed E-state index contributed by atoms with van der Waals surface area (Å²) in [5, 5.41) is 8.92. The van der Waals surface area contributed by atoms with Crippen LogP contribution in [0.3, 0.4) is 0 Å². The summed E-state index contributed by atoms with van der Waals surface area (Å²) in [7, 11) is 1.39. The number of amides is 2. The van der Waals surface area contributed by atoms with Crippen molar-refractivity contribution in [2.75, 3.05) is 26.9 Å². The van der Waals surface area contributed by atoms with Crippen LogP contribution in [0.2, 0.25) is 0 Å². The lowest BCUT2D eigenvalue weighted by molar-refractivity contribution is -0.129. The minimum Gasteiger partial charge on any atom is -0.493 e. The number of aromatic carboxylic acids is 1. The van der Waals surface area contributed by atoms with E-state index in [-0.39, 0.29) is 30.2 Å². The number of benzene rings is 1. The Labute approximate surface area is 119 Å². The van der Waals surface area contributed by atoms with Gasteiger partial charge in [0, 0.05) is 0 Å². The van der Waals surface area contributed by atoms with E-state index < -0.39 is 24.6 Å². The molecule has 8 heteroatoms. The molecule has 0 atom stereocenters. The van der Waals surface area contributed by atoms with Crippen LogP contribution in [0.1, 0.15) is 10.4 Å². The van der Waals surface area contributed by atoms with Crippen LogP contribution >= 0.6 is 0 Å². The lowest BCUT2D eigenvalue weighted by Crippen LogP contribution is -2.35. The molecule has 1 fully saturated rings. The van der Waals surface area contributed by atoms with Gasteiger partial charge in [-0.05, 0) is 18.2 Å². The predicted molar refractivity (Wildman–Crippen MR) is 68.5 cm³/mol. The summed E-state index contributed by atoms with van der Waals surface area (Å²) in [6.45, 7) is -0.0930. The summed E-state index contributed by atoms with van der Waals surface area (Å²) in [6.07, 6.45) is -0.713. The molecule has 0 bridgehead atoms. The highest BCUT2D eigenvalue weighted by atomic mass is 16.6. The van der Waals surface area contributed by atoms with Crippen LogP contribution in [0.4, 0.5) is 4.79 Å². The largest absolute Gasteiger partial charge is 0.493 e. The van der Waals surface area contributed by atoms with E-state index >= 15 is 0 Å². The van der Waals surface area contributed by atoms with Crippen molar-refractivity contribution in [1.82, 2.24) is 4.90 Å². The number of imide groups is 1. The van der Waals surface area contributed by atoms with Crippen LogP contribution in [0.15, 0.2) is 18.2 Å². The number of hydrogen-bond donors (Lipinski definition) is 1. The molecule has 0 aromatic heterocycles. The maximum Gasteiger partial charge on any atom is 0.416 e. The second-order valence-electron chi connectivity index (χ2n) is 4.12. The number of carbonyl (C=O) groups is 3. The minimum atomic E-state index is -1.13. The Balaban J connectivity index is 2.08. The molecule has 112 valence electrons. The number of carboxylic acids is 1. The average Bonchev–Trinajstić information content (AvgIpc) is 2.90. The third-order valence-electron chi connectivity index (χ3n) is 2.82. The molecule has 2 rings (SSSR count). The Hall–Kier alpha value is -2.77. The Morgan fingerprint density at radius 1 is 1.38 bits per heavy atom. The summed E-state index contributed by atoms with van der Waals surface area (Å²) in [4.78, 5) is 34.8. The zero-order valence-corrected chi connectivity index (χ0v) is 11.2. The first-order valence-electron chi connectivity index (χ1n) is 6.04. The van der Waals surface area contributed by atoms with Gasteiger partial charge in [0.25, 0.3) is 5.91 Å². The molecule has 21 heavy (non-hydrogen) atoms. The van der Waals surface area contributed by atoms with Crippen molar-refractivity contribution in [2.24, 2.45) is 0 Å². The maximum absolute atomic E-state index is 11.8. The summed E-state index contributed by atoms with van der Waals surface area (Å²) in [6, 6.07) is 4.03. The van der Waals surface area contributed by atoms with Gasteiger partial charge in [-0.25, -0.2) is 14.5 Å². The molecule has 1 N–H and O–H groups in total. The summed E-state index contributed by atoms with van der Waals surface area (Å²) in [5.74, 6) is -1.30. The first kappa shape index (κ1) is 14.6. The zero-order valence-electron chi connectivity index (χ0n) is 11.2. The molecule has 1 saturated heterocycles. The summed E-state index contributed by atoms with van der Waals surface area (Å²) < 4.78 is 14.9. The first-order chi connectivity index (χ1) is 10.0. The number of hydrogen-bond acceptors (Lipinski definition) is 6. The molecule has 1 aliphatic rings. The van der Waals surface area contributed by atoms with Gasteiger partial charge in [0.05, 0.1) is 19.2 Å². The van der Waals surface area contributed by atoms with Gasteiger partial charge in [0.2, 0.25) is 0 Å². The van der Waals surface area contributed by atoms with Crippen LogP contribution in [-0.2, 0) is 9.53 Å². The van der Waals surface area contributed by atoms with Gasteiger partial charge in [0.1, 0.15) is 6.61 Å². The number of cyclic esters (lactones) is 1. The number of rotatable bonds is 5. The van der Waals surface area contributed by atoms with E-state index in [1.54, 1.807) is 0 Å². The third kappa shape index (κ3) is 3.22. The van der Waals surface area contributed by atoms with E-state index in [2.05, 4.69) is 4.74 Å². The van der Waals surface area contributed by atoms with E-state index in [4.69, 9.17) is 14.6 Å². The fraction of sp³-hybridized carbons (Fsp3) is 0.308. The highest BCUT2D eigenvalue weighted by Crippen LogP contribution is 2.28. The molecule has 1 aromatic rings. The highest BCUT2D eigenvalue weighted by molar-refractivity contribution is 5.93. The minimum absolute atomic E-state index is 0.00108. The lowest BCUT2D eigenvalue weighted by atomic mass is 10.2. The molecule has 1 aliphatic heterocycles. The highest BCUT2D eigenvalue weighted by Gasteiger charge is 2.28. The quantitative estimate of drug-likeness (QED) is 0.855. The monoisotopic (exact) mass is 295 g/mol. The fourth-order valence-electron chi connectivity index (χ4n) is 1.76. The van der Waals surface area contributed by atoms with Crippen LogP contribution < -0.4 is 9.47 Å². The number of carboxylic acid groups (broad SMARTS) is 1. The first-order valence-corrected chi connectivity index (χ1v) is 6.04. The fourth-order valence-corrected chi connectivity index (χ4v) is 1.76. The molecule has 1 aromatic carbocycles. The van der Waals surface area contributed by atoms with E-state index in [1.807, 2.05) is 0 Å². The SMILES string of the molecule is COc1ccc(C(=O)O)cc1OCC(=O)N1CCOC1=O. The predicted octanol–water partition coefficient (Wildman–Crippen LogP) is 0.751. The van der Waals surface area contributed by atoms with E-state index in [9.17, 15) is 14.4 Å². The molecule has 1 heterocycles. The molecule has 0 radical (unpaired) electrons. The van der Waals surface area contributed by atoms with Crippen LogP contribution in [0, 0.1) is 0 Å². The van der Waals surface area contributed by atoms with Gasteiger partial charge in [-0.2, -0.15) is 0 Å². The Kier molecular flexibility index (Phi) is 4.27. The van der Waals surface area contributed by atoms with Gasteiger partial charge in [0.15, 0.2) is 18.1 Å². The molecule has 8 nitrogen and oxygen atoms in total. The number of methoxy groups -OCH3 is 1. The van der Waals surface area contributed by atoms with E-state index in [0.29, 0.717) is 0 Å². The molecule has 2 amide bonds. The van der Waals surface area contributed by atoms with Crippen LogP contribution in [0.25, 0.3) is 0 Å². The summed E-state index contributed by atoms with van der Waals surface area (Å²) in [5.41, 5.74) is -0.00108. The van der Waals surface area contributed by atoms with Crippen LogP contribution in [0.5, 0.6) is 11.5 Å². The molecule has 0 unspecified atom stereocenters. The number of ether oxygens (including phenoxy) is 3. The van der Waals surface area contributed by atoms with E-state index in [0.717, 1.165) is 4.90 Å². The smallest absolute Gasteiger partial charge is 0.416 e. The van der Waals surface area contributed by atoms with Gasteiger partial charge < -0.3 is 19.3 Å². The Bertz CT molecular complexity index is 584. The average molecular weight is 295 g/mol. The number of nitrogens with zero attached hydrogens (tertiary/aromatic N) is 1. The molecule has 0 aliphatic carbocycles.